The molecule has 1 aromatic carbocycles. The molecule has 4 heteroatoms. The van der Waals surface area contributed by atoms with Crippen molar-refractivity contribution in [2.45, 2.75) is 20.3 Å². The van der Waals surface area contributed by atoms with Crippen molar-refractivity contribution >= 4 is 17.0 Å². The highest BCUT2D eigenvalue weighted by Gasteiger charge is 2.28. The first kappa shape index (κ1) is 12.6. The third-order valence-corrected chi connectivity index (χ3v) is 3.17. The molecule has 0 spiro atoms. The molecule has 1 aromatic heterocycles. The first-order chi connectivity index (χ1) is 8.44. The topological polar surface area (TPSA) is 44.1 Å². The van der Waals surface area contributed by atoms with Gasteiger partial charge in [-0.25, -0.2) is 4.98 Å². The van der Waals surface area contributed by atoms with Crippen LogP contribution in [0.4, 0.5) is 0 Å². The van der Waals surface area contributed by atoms with Crippen LogP contribution < -0.4 is 0 Å². The molecule has 0 aliphatic rings. The Morgan fingerprint density at radius 1 is 1.44 bits per heavy atom. The standard InChI is InChI=1S/C14H18N2O2/c1-14(2,13(17)18-4)8-10-5-6-12-11(7-10)15-9-16(12)3/h5-7,9H,8H2,1-4H3. The quantitative estimate of drug-likeness (QED) is 0.781. The van der Waals surface area contributed by atoms with Crippen LogP contribution in [-0.4, -0.2) is 22.6 Å². The molecule has 96 valence electrons. The van der Waals surface area contributed by atoms with Crippen LogP contribution in [-0.2, 0) is 23.0 Å². The van der Waals surface area contributed by atoms with E-state index < -0.39 is 5.41 Å². The molecule has 0 aliphatic carbocycles. The van der Waals surface area contributed by atoms with E-state index in [9.17, 15) is 4.79 Å². The smallest absolute Gasteiger partial charge is 0.311 e. The van der Waals surface area contributed by atoms with Crippen LogP contribution in [0.5, 0.6) is 0 Å². The minimum Gasteiger partial charge on any atom is -0.469 e. The summed E-state index contributed by atoms with van der Waals surface area (Å²) in [5.74, 6) is -0.191. The molecule has 1 heterocycles. The number of nitrogens with zero attached hydrogens (tertiary/aromatic N) is 2. The summed E-state index contributed by atoms with van der Waals surface area (Å²) < 4.78 is 6.80. The van der Waals surface area contributed by atoms with E-state index in [1.165, 1.54) is 7.11 Å². The van der Waals surface area contributed by atoms with Crippen LogP contribution in [0.3, 0.4) is 0 Å². The Hall–Kier alpha value is -1.84. The van der Waals surface area contributed by atoms with E-state index in [-0.39, 0.29) is 5.97 Å². The van der Waals surface area contributed by atoms with Crippen molar-refractivity contribution in [3.8, 4) is 0 Å². The van der Waals surface area contributed by atoms with Gasteiger partial charge in [-0.3, -0.25) is 4.79 Å². The summed E-state index contributed by atoms with van der Waals surface area (Å²) in [6.07, 6.45) is 2.44. The Kier molecular flexibility index (Phi) is 3.11. The van der Waals surface area contributed by atoms with Gasteiger partial charge in [0.25, 0.3) is 0 Å². The summed E-state index contributed by atoms with van der Waals surface area (Å²) in [4.78, 5) is 16.0. The SMILES string of the molecule is COC(=O)C(C)(C)Cc1ccc2c(c1)ncn2C. The fourth-order valence-electron chi connectivity index (χ4n) is 2.15. The Labute approximate surface area is 107 Å². The highest BCUT2D eigenvalue weighted by Crippen LogP contribution is 2.25. The van der Waals surface area contributed by atoms with E-state index in [1.807, 2.05) is 43.7 Å². The predicted octanol–water partition coefficient (Wildman–Crippen LogP) is 2.32. The van der Waals surface area contributed by atoms with Crippen molar-refractivity contribution in [1.29, 1.82) is 0 Å². The number of fused-ring (bicyclic) bond motifs is 1. The molecule has 0 saturated heterocycles. The molecular weight excluding hydrogens is 228 g/mol. The molecule has 0 N–H and O–H groups in total. The fraction of sp³-hybridized carbons (Fsp3) is 0.429. The third-order valence-electron chi connectivity index (χ3n) is 3.17. The average molecular weight is 246 g/mol. The zero-order chi connectivity index (χ0) is 13.3. The van der Waals surface area contributed by atoms with Gasteiger partial charge in [0.05, 0.1) is 29.9 Å². The molecule has 0 amide bonds. The number of carbonyl (C=O) groups is 1. The van der Waals surface area contributed by atoms with Gasteiger partial charge in [0.15, 0.2) is 0 Å². The molecule has 0 fully saturated rings. The molecular formula is C14H18N2O2. The fourth-order valence-corrected chi connectivity index (χ4v) is 2.15. The second-order valence-electron chi connectivity index (χ2n) is 5.23. The van der Waals surface area contributed by atoms with Crippen molar-refractivity contribution in [3.63, 3.8) is 0 Å². The Balaban J connectivity index is 2.29. The zero-order valence-corrected chi connectivity index (χ0v) is 11.2. The summed E-state index contributed by atoms with van der Waals surface area (Å²) in [6, 6.07) is 6.10. The highest BCUT2D eigenvalue weighted by molar-refractivity contribution is 5.78. The van der Waals surface area contributed by atoms with Gasteiger partial charge < -0.3 is 9.30 Å². The molecule has 18 heavy (non-hydrogen) atoms. The van der Waals surface area contributed by atoms with Crippen LogP contribution in [0.1, 0.15) is 19.4 Å². The molecule has 0 aliphatic heterocycles. The summed E-state index contributed by atoms with van der Waals surface area (Å²) in [5.41, 5.74) is 2.62. The zero-order valence-electron chi connectivity index (χ0n) is 11.2. The van der Waals surface area contributed by atoms with Gasteiger partial charge in [-0.2, -0.15) is 0 Å². The summed E-state index contributed by atoms with van der Waals surface area (Å²) in [7, 11) is 3.39. The number of esters is 1. The number of benzene rings is 1. The molecule has 0 atom stereocenters. The maximum absolute atomic E-state index is 11.7. The second-order valence-corrected chi connectivity index (χ2v) is 5.23. The van der Waals surface area contributed by atoms with Crippen molar-refractivity contribution in [2.24, 2.45) is 12.5 Å². The van der Waals surface area contributed by atoms with Crippen LogP contribution in [0, 0.1) is 5.41 Å². The Morgan fingerprint density at radius 2 is 2.17 bits per heavy atom. The number of imidazole rings is 1. The van der Waals surface area contributed by atoms with E-state index in [2.05, 4.69) is 4.98 Å². The maximum atomic E-state index is 11.7. The highest BCUT2D eigenvalue weighted by atomic mass is 16.5. The van der Waals surface area contributed by atoms with E-state index in [1.54, 1.807) is 6.33 Å². The molecule has 2 rings (SSSR count). The lowest BCUT2D eigenvalue weighted by Gasteiger charge is -2.21. The number of methoxy groups -OCH3 is 1. The van der Waals surface area contributed by atoms with Crippen molar-refractivity contribution in [3.05, 3.63) is 30.1 Å². The average Bonchev–Trinajstić information content (AvgIpc) is 2.69. The molecule has 0 unspecified atom stereocenters. The van der Waals surface area contributed by atoms with Crippen LogP contribution in [0.2, 0.25) is 0 Å². The summed E-state index contributed by atoms with van der Waals surface area (Å²) >= 11 is 0. The number of aromatic nitrogens is 2. The van der Waals surface area contributed by atoms with Gasteiger partial charge in [-0.15, -0.1) is 0 Å². The maximum Gasteiger partial charge on any atom is 0.311 e. The minimum absolute atomic E-state index is 0.191. The van der Waals surface area contributed by atoms with E-state index in [0.717, 1.165) is 16.6 Å². The van der Waals surface area contributed by atoms with Gasteiger partial charge in [0, 0.05) is 7.05 Å². The summed E-state index contributed by atoms with van der Waals surface area (Å²) in [5, 5.41) is 0. The summed E-state index contributed by atoms with van der Waals surface area (Å²) in [6.45, 7) is 3.78. The Bertz CT molecular complexity index is 584. The van der Waals surface area contributed by atoms with Crippen LogP contribution >= 0.6 is 0 Å². The molecule has 2 aromatic rings. The molecule has 0 radical (unpaired) electrons. The van der Waals surface area contributed by atoms with Gasteiger partial charge in [-0.1, -0.05) is 6.07 Å². The Morgan fingerprint density at radius 3 is 2.83 bits per heavy atom. The van der Waals surface area contributed by atoms with Gasteiger partial charge in [0.2, 0.25) is 0 Å². The second kappa shape index (κ2) is 4.44. The number of carbonyl (C=O) groups excluding carboxylic acids is 1. The third kappa shape index (κ3) is 2.23. The lowest BCUT2D eigenvalue weighted by atomic mass is 9.86. The molecule has 0 saturated carbocycles. The van der Waals surface area contributed by atoms with Crippen molar-refractivity contribution in [2.75, 3.05) is 7.11 Å². The lowest BCUT2D eigenvalue weighted by molar-refractivity contribution is -0.150. The number of ether oxygens (including phenoxy) is 1. The largest absolute Gasteiger partial charge is 0.469 e. The van der Waals surface area contributed by atoms with E-state index in [4.69, 9.17) is 4.74 Å². The van der Waals surface area contributed by atoms with Crippen LogP contribution in [0.25, 0.3) is 11.0 Å². The number of aryl methyl sites for hydroxylation is 1. The normalized spacial score (nSPS) is 11.8. The minimum atomic E-state index is -0.517. The number of rotatable bonds is 3. The van der Waals surface area contributed by atoms with Crippen molar-refractivity contribution in [1.82, 2.24) is 9.55 Å². The molecule has 0 bridgehead atoms. The van der Waals surface area contributed by atoms with E-state index in [0.29, 0.717) is 6.42 Å². The first-order valence-electron chi connectivity index (χ1n) is 5.92. The van der Waals surface area contributed by atoms with Crippen LogP contribution in [0.15, 0.2) is 24.5 Å². The van der Waals surface area contributed by atoms with E-state index >= 15 is 0 Å². The monoisotopic (exact) mass is 246 g/mol. The lowest BCUT2D eigenvalue weighted by Crippen LogP contribution is -2.27. The number of hydrogen-bond donors (Lipinski definition) is 0. The number of hydrogen-bond acceptors (Lipinski definition) is 3. The molecule has 4 nitrogen and oxygen atoms in total. The van der Waals surface area contributed by atoms with Gasteiger partial charge in [-0.05, 0) is 38.0 Å². The first-order valence-corrected chi connectivity index (χ1v) is 5.92. The van der Waals surface area contributed by atoms with Gasteiger partial charge >= 0.3 is 5.97 Å². The predicted molar refractivity (Wildman–Crippen MR) is 70.2 cm³/mol. The van der Waals surface area contributed by atoms with Crippen molar-refractivity contribution < 1.29 is 9.53 Å². The van der Waals surface area contributed by atoms with Gasteiger partial charge in [0.1, 0.15) is 0 Å².